The molecule has 2 aromatic rings. The molecule has 0 saturated carbocycles. The molecule has 0 spiro atoms. The molecule has 112 valence electrons. The van der Waals surface area contributed by atoms with Crippen molar-refractivity contribution < 1.29 is 4.79 Å². The normalized spacial score (nSPS) is 10.6. The van der Waals surface area contributed by atoms with E-state index in [1.807, 2.05) is 19.2 Å². The van der Waals surface area contributed by atoms with Gasteiger partial charge in [0.25, 0.3) is 0 Å². The Labute approximate surface area is 136 Å². The molecule has 0 aliphatic heterocycles. The minimum Gasteiger partial charge on any atom is -0.320 e. The van der Waals surface area contributed by atoms with Gasteiger partial charge in [-0.2, -0.15) is 5.10 Å². The first kappa shape index (κ1) is 16.0. The lowest BCUT2D eigenvalue weighted by atomic mass is 10.1. The highest BCUT2D eigenvalue weighted by Gasteiger charge is 2.10. The van der Waals surface area contributed by atoms with E-state index < -0.39 is 0 Å². The van der Waals surface area contributed by atoms with Crippen molar-refractivity contribution in [3.63, 3.8) is 0 Å². The fourth-order valence-corrected chi connectivity index (χ4v) is 2.44. The summed E-state index contributed by atoms with van der Waals surface area (Å²) in [5.74, 6) is 0.444. The first-order valence-electron chi connectivity index (χ1n) is 6.55. The number of hydrogen-bond donors (Lipinski definition) is 3. The number of hydrogen-bond acceptors (Lipinski definition) is 3. The number of rotatable bonds is 6. The number of nitrogens with zero attached hydrogens (tertiary/aromatic N) is 1. The lowest BCUT2D eigenvalue weighted by Gasteiger charge is -2.02. The summed E-state index contributed by atoms with van der Waals surface area (Å²) in [5, 5.41) is 13.3. The number of aromatic nitrogens is 2. The lowest BCUT2D eigenvalue weighted by molar-refractivity contribution is -0.116. The molecule has 1 aromatic carbocycles. The third kappa shape index (κ3) is 4.56. The number of H-pyrrole nitrogens is 1. The number of halogens is 2. The molecule has 0 unspecified atom stereocenters. The van der Waals surface area contributed by atoms with Crippen LogP contribution in [0.1, 0.15) is 12.8 Å². The van der Waals surface area contributed by atoms with Crippen LogP contribution in [-0.4, -0.2) is 29.7 Å². The summed E-state index contributed by atoms with van der Waals surface area (Å²) >= 11 is 9.57. The van der Waals surface area contributed by atoms with Crippen LogP contribution in [0.2, 0.25) is 5.02 Å². The molecular formula is C14H16BrClN4O. The smallest absolute Gasteiger partial charge is 0.225 e. The van der Waals surface area contributed by atoms with Crippen LogP contribution >= 0.6 is 27.5 Å². The largest absolute Gasteiger partial charge is 0.320 e. The van der Waals surface area contributed by atoms with Crippen molar-refractivity contribution in [3.05, 3.63) is 33.8 Å². The Hall–Kier alpha value is -1.37. The number of carbonyl (C=O) groups is 1. The van der Waals surface area contributed by atoms with Crippen LogP contribution in [0.3, 0.4) is 0 Å². The van der Waals surface area contributed by atoms with E-state index in [0.717, 1.165) is 28.7 Å². The first-order chi connectivity index (χ1) is 10.1. The van der Waals surface area contributed by atoms with Crippen LogP contribution in [0.4, 0.5) is 5.82 Å². The van der Waals surface area contributed by atoms with Crippen molar-refractivity contribution in [1.29, 1.82) is 0 Å². The number of aromatic amines is 1. The van der Waals surface area contributed by atoms with Gasteiger partial charge in [-0.05, 0) is 38.2 Å². The molecule has 1 heterocycles. The lowest BCUT2D eigenvalue weighted by Crippen LogP contribution is -2.15. The van der Waals surface area contributed by atoms with E-state index in [1.54, 1.807) is 12.1 Å². The second kappa shape index (κ2) is 7.59. The number of benzene rings is 1. The fourth-order valence-electron chi connectivity index (χ4n) is 1.86. The highest BCUT2D eigenvalue weighted by molar-refractivity contribution is 9.10. The molecule has 1 amide bonds. The molecule has 0 aliphatic rings. The van der Waals surface area contributed by atoms with Gasteiger partial charge >= 0.3 is 0 Å². The average molecular weight is 372 g/mol. The van der Waals surface area contributed by atoms with Crippen LogP contribution in [0.15, 0.2) is 28.7 Å². The summed E-state index contributed by atoms with van der Waals surface area (Å²) in [4.78, 5) is 11.7. The van der Waals surface area contributed by atoms with Crippen LogP contribution in [0.5, 0.6) is 0 Å². The van der Waals surface area contributed by atoms with Gasteiger partial charge in [-0.3, -0.25) is 9.89 Å². The molecule has 1 aromatic heterocycles. The highest BCUT2D eigenvalue weighted by atomic mass is 79.9. The van der Waals surface area contributed by atoms with Crippen molar-refractivity contribution in [1.82, 2.24) is 15.5 Å². The Morgan fingerprint density at radius 2 is 2.24 bits per heavy atom. The zero-order valence-electron chi connectivity index (χ0n) is 11.5. The minimum absolute atomic E-state index is 0.0522. The number of amides is 1. The Morgan fingerprint density at radius 3 is 3.00 bits per heavy atom. The molecular weight excluding hydrogens is 356 g/mol. The molecule has 2 rings (SSSR count). The molecule has 0 atom stereocenters. The Balaban J connectivity index is 2.04. The van der Waals surface area contributed by atoms with Crippen LogP contribution < -0.4 is 10.6 Å². The van der Waals surface area contributed by atoms with Gasteiger partial charge < -0.3 is 10.6 Å². The Morgan fingerprint density at radius 1 is 1.43 bits per heavy atom. The Bertz CT molecular complexity index is 629. The summed E-state index contributed by atoms with van der Waals surface area (Å²) in [6.45, 7) is 0.812. The van der Waals surface area contributed by atoms with Gasteiger partial charge in [-0.15, -0.1) is 0 Å². The summed E-state index contributed by atoms with van der Waals surface area (Å²) < 4.78 is 0.925. The quantitative estimate of drug-likeness (QED) is 0.681. The summed E-state index contributed by atoms with van der Waals surface area (Å²) in [6.07, 6.45) is 1.25. The molecule has 0 aliphatic carbocycles. The molecule has 21 heavy (non-hydrogen) atoms. The van der Waals surface area contributed by atoms with Gasteiger partial charge in [0, 0.05) is 22.5 Å². The molecule has 0 radical (unpaired) electrons. The predicted octanol–water partition coefficient (Wildman–Crippen LogP) is 3.43. The number of anilines is 1. The number of carbonyl (C=O) groups excluding carboxylic acids is 1. The molecule has 5 nitrogen and oxygen atoms in total. The van der Waals surface area contributed by atoms with Crippen molar-refractivity contribution >= 4 is 39.3 Å². The van der Waals surface area contributed by atoms with Crippen molar-refractivity contribution in [2.75, 3.05) is 18.9 Å². The maximum atomic E-state index is 11.7. The van der Waals surface area contributed by atoms with E-state index in [4.69, 9.17) is 11.6 Å². The average Bonchev–Trinajstić information content (AvgIpc) is 2.90. The second-order valence-electron chi connectivity index (χ2n) is 4.55. The van der Waals surface area contributed by atoms with Crippen LogP contribution in [0, 0.1) is 0 Å². The molecule has 3 N–H and O–H groups in total. The van der Waals surface area contributed by atoms with Crippen molar-refractivity contribution in [3.8, 4) is 11.3 Å². The summed E-state index contributed by atoms with van der Waals surface area (Å²) in [6, 6.07) is 7.34. The molecule has 0 bridgehead atoms. The summed E-state index contributed by atoms with van der Waals surface area (Å²) in [7, 11) is 1.86. The third-order valence-corrected chi connectivity index (χ3v) is 3.72. The van der Waals surface area contributed by atoms with E-state index in [2.05, 4.69) is 36.8 Å². The maximum absolute atomic E-state index is 11.7. The van der Waals surface area contributed by atoms with Gasteiger partial charge in [0.1, 0.15) is 0 Å². The van der Waals surface area contributed by atoms with E-state index in [-0.39, 0.29) is 5.91 Å². The van der Waals surface area contributed by atoms with E-state index in [0.29, 0.717) is 17.3 Å². The van der Waals surface area contributed by atoms with Crippen molar-refractivity contribution in [2.24, 2.45) is 0 Å². The molecule has 7 heteroatoms. The topological polar surface area (TPSA) is 69.8 Å². The summed E-state index contributed by atoms with van der Waals surface area (Å²) in [5.41, 5.74) is 1.58. The zero-order chi connectivity index (χ0) is 15.2. The maximum Gasteiger partial charge on any atom is 0.225 e. The predicted molar refractivity (Wildman–Crippen MR) is 88.5 cm³/mol. The minimum atomic E-state index is -0.0522. The monoisotopic (exact) mass is 370 g/mol. The Kier molecular flexibility index (Phi) is 5.78. The first-order valence-corrected chi connectivity index (χ1v) is 7.72. The van der Waals surface area contributed by atoms with Gasteiger partial charge in [0.05, 0.1) is 10.7 Å². The standard InChI is InChI=1S/C14H16BrClN4O/c1-17-6-2-3-14(21)18-13-8-12(19-20-13)10-7-9(15)4-5-11(10)16/h4-5,7-8,17H,2-3,6H2,1H3,(H2,18,19,20,21). The molecule has 0 fully saturated rings. The van der Waals surface area contributed by atoms with Gasteiger partial charge in [-0.25, -0.2) is 0 Å². The van der Waals surface area contributed by atoms with E-state index in [1.165, 1.54) is 0 Å². The van der Waals surface area contributed by atoms with Gasteiger partial charge in [0.15, 0.2) is 5.82 Å². The second-order valence-corrected chi connectivity index (χ2v) is 5.87. The zero-order valence-corrected chi connectivity index (χ0v) is 13.9. The van der Waals surface area contributed by atoms with Gasteiger partial charge in [0.2, 0.25) is 5.91 Å². The fraction of sp³-hybridized carbons (Fsp3) is 0.286. The van der Waals surface area contributed by atoms with E-state index >= 15 is 0 Å². The van der Waals surface area contributed by atoms with Gasteiger partial charge in [-0.1, -0.05) is 27.5 Å². The third-order valence-electron chi connectivity index (χ3n) is 2.89. The van der Waals surface area contributed by atoms with Crippen LogP contribution in [0.25, 0.3) is 11.3 Å². The molecule has 0 saturated heterocycles. The number of nitrogens with one attached hydrogen (secondary N) is 3. The SMILES string of the molecule is CNCCCC(=O)Nc1cc(-c2cc(Br)ccc2Cl)[nH]n1. The highest BCUT2D eigenvalue weighted by Crippen LogP contribution is 2.30. The van der Waals surface area contributed by atoms with E-state index in [9.17, 15) is 4.79 Å². The van der Waals surface area contributed by atoms with Crippen molar-refractivity contribution in [2.45, 2.75) is 12.8 Å². The van der Waals surface area contributed by atoms with Crippen LogP contribution in [-0.2, 0) is 4.79 Å².